The molecule has 0 bridgehead atoms. The number of methoxy groups -OCH3 is 1. The summed E-state index contributed by atoms with van der Waals surface area (Å²) in [5.74, 6) is -2.18. The molecule has 0 saturated carbocycles. The number of unbranched alkanes of at least 4 members (excludes halogenated alkanes) is 1. The fraction of sp³-hybridized carbons (Fsp3) is 0.394. The molecule has 0 fully saturated rings. The fourth-order valence-electron chi connectivity index (χ4n) is 4.98. The Morgan fingerprint density at radius 1 is 0.980 bits per heavy atom. The Balaban J connectivity index is 0.0000101. The zero-order valence-corrected chi connectivity index (χ0v) is 31.1. The second kappa shape index (κ2) is 20.4. The van der Waals surface area contributed by atoms with Crippen molar-refractivity contribution in [2.24, 2.45) is 5.92 Å². The van der Waals surface area contributed by atoms with Crippen LogP contribution >= 0.6 is 7.82 Å². The minimum absolute atomic E-state index is 0. The SMILES string of the molecule is [2H]C(OP(=O)([O-])[O-])[C@H](CCCCNC(=O)[C@@H](NC(=O)OC([2H])([2H])[2H])C(c1ccccc1)c1ccccc1)N(C([2H])C(C)C)S(=O)(=O)c1ccc(N)cc1.[Ca+2]. The van der Waals surface area contributed by atoms with Crippen LogP contribution in [0.25, 0.3) is 0 Å². The summed E-state index contributed by atoms with van der Waals surface area (Å²) >= 11 is 0. The molecule has 16 heteroatoms. The minimum atomic E-state index is -5.78. The molecule has 262 valence electrons. The molecule has 3 aromatic rings. The van der Waals surface area contributed by atoms with Crippen LogP contribution in [-0.4, -0.2) is 101 Å². The Labute approximate surface area is 325 Å². The van der Waals surface area contributed by atoms with Crippen molar-refractivity contribution in [2.45, 2.75) is 56.0 Å². The number of nitrogens with two attached hydrogens (primary N) is 1. The maximum absolute atomic E-state index is 13.9. The van der Waals surface area contributed by atoms with Crippen molar-refractivity contribution in [3.8, 4) is 0 Å². The molecule has 0 radical (unpaired) electrons. The normalized spacial score (nSPS) is 16.1. The fourth-order valence-corrected chi connectivity index (χ4v) is 6.91. The first-order valence-electron chi connectivity index (χ1n) is 17.7. The number of rotatable bonds is 18. The van der Waals surface area contributed by atoms with E-state index < -0.39 is 73.9 Å². The number of alkyl carbamates (subject to hydrolysis) is 1. The molecular weight excluding hydrogens is 700 g/mol. The van der Waals surface area contributed by atoms with E-state index >= 15 is 0 Å². The summed E-state index contributed by atoms with van der Waals surface area (Å²) < 4.78 is 87.9. The summed E-state index contributed by atoms with van der Waals surface area (Å²) in [5.41, 5.74) is 7.20. The molecule has 4 atom stereocenters. The van der Waals surface area contributed by atoms with Gasteiger partial charge in [-0.2, -0.15) is 4.31 Å². The number of ether oxygens (including phenoxy) is 1. The number of hydrogen-bond acceptors (Lipinski definition) is 10. The van der Waals surface area contributed by atoms with Crippen LogP contribution in [0.4, 0.5) is 10.5 Å². The number of nitrogen functional groups attached to an aromatic ring is 1. The number of hydrogen-bond donors (Lipinski definition) is 3. The van der Waals surface area contributed by atoms with Crippen molar-refractivity contribution in [3.63, 3.8) is 0 Å². The van der Waals surface area contributed by atoms with Gasteiger partial charge in [-0.15, -0.1) is 0 Å². The van der Waals surface area contributed by atoms with E-state index in [-0.39, 0.29) is 74.1 Å². The second-order valence-electron chi connectivity index (χ2n) is 11.2. The number of benzene rings is 3. The van der Waals surface area contributed by atoms with Crippen molar-refractivity contribution in [2.75, 3.05) is 32.4 Å². The Bertz CT molecular complexity index is 1760. The molecule has 0 aliphatic heterocycles. The van der Waals surface area contributed by atoms with Crippen LogP contribution in [0.1, 0.15) is 57.0 Å². The molecule has 4 N–H and O–H groups in total. The summed E-state index contributed by atoms with van der Waals surface area (Å²) in [6, 6.07) is 19.4. The predicted octanol–water partition coefficient (Wildman–Crippen LogP) is 2.59. The van der Waals surface area contributed by atoms with Crippen molar-refractivity contribution in [3.05, 3.63) is 96.1 Å². The number of carbonyl (C=O) groups excluding carboxylic acids is 2. The van der Waals surface area contributed by atoms with Crippen LogP contribution < -0.4 is 26.2 Å². The molecule has 0 saturated heterocycles. The van der Waals surface area contributed by atoms with Crippen molar-refractivity contribution >= 4 is 73.3 Å². The smallest absolute Gasteiger partial charge is 0.790 e. The third-order valence-corrected chi connectivity index (χ3v) is 9.29. The molecule has 0 heterocycles. The number of amides is 2. The third-order valence-electron chi connectivity index (χ3n) is 7.10. The number of carbonyl (C=O) groups is 2. The van der Waals surface area contributed by atoms with Gasteiger partial charge in [0.15, 0.2) is 0 Å². The van der Waals surface area contributed by atoms with Crippen molar-refractivity contribution < 1.29 is 48.5 Å². The Hall–Kier alpha value is -2.52. The number of sulfonamides is 1. The van der Waals surface area contributed by atoms with Crippen molar-refractivity contribution in [1.82, 2.24) is 14.9 Å². The van der Waals surface area contributed by atoms with E-state index in [9.17, 15) is 32.4 Å². The predicted molar refractivity (Wildman–Crippen MR) is 184 cm³/mol. The minimum Gasteiger partial charge on any atom is -0.790 e. The van der Waals surface area contributed by atoms with Gasteiger partial charge in [-0.25, -0.2) is 13.2 Å². The summed E-state index contributed by atoms with van der Waals surface area (Å²) in [4.78, 5) is 49.3. The van der Waals surface area contributed by atoms with Crippen LogP contribution in [0, 0.1) is 5.92 Å². The number of nitrogens with zero attached hydrogens (tertiary/aromatic N) is 1. The van der Waals surface area contributed by atoms with Gasteiger partial charge >= 0.3 is 43.8 Å². The molecule has 0 aliphatic rings. The number of phosphoric ester groups is 1. The van der Waals surface area contributed by atoms with E-state index in [4.69, 9.17) is 12.6 Å². The molecule has 2 amide bonds. The van der Waals surface area contributed by atoms with Crippen LogP contribution in [0.5, 0.6) is 0 Å². The summed E-state index contributed by atoms with van der Waals surface area (Å²) in [5, 5.41) is 5.07. The summed E-state index contributed by atoms with van der Waals surface area (Å²) in [6.45, 7) is -0.753. The molecule has 3 aromatic carbocycles. The third kappa shape index (κ3) is 13.6. The number of phosphoric acid groups is 1. The summed E-state index contributed by atoms with van der Waals surface area (Å²) in [6.07, 6.45) is -1.50. The first-order valence-corrected chi connectivity index (χ1v) is 17.9. The molecule has 13 nitrogen and oxygen atoms in total. The first kappa shape index (κ1) is 34.9. The zero-order chi connectivity index (χ0) is 39.6. The zero-order valence-electron chi connectivity index (χ0n) is 32.1. The van der Waals surface area contributed by atoms with E-state index in [2.05, 4.69) is 19.9 Å². The molecule has 0 aliphatic carbocycles. The molecule has 3 rings (SSSR count). The van der Waals surface area contributed by atoms with Gasteiger partial charge in [-0.1, -0.05) is 80.9 Å². The van der Waals surface area contributed by atoms with Gasteiger partial charge in [0, 0.05) is 32.1 Å². The van der Waals surface area contributed by atoms with Crippen LogP contribution in [0.15, 0.2) is 89.8 Å². The average molecular weight is 748 g/mol. The molecule has 49 heavy (non-hydrogen) atoms. The molecule has 0 aromatic heterocycles. The van der Waals surface area contributed by atoms with Gasteiger partial charge in [0.1, 0.15) is 6.04 Å². The molecule has 2 unspecified atom stereocenters. The van der Waals surface area contributed by atoms with E-state index in [1.807, 2.05) is 0 Å². The van der Waals surface area contributed by atoms with Gasteiger partial charge in [0.05, 0.1) is 31.8 Å². The average Bonchev–Trinajstić information content (AvgIpc) is 3.06. The second-order valence-corrected chi connectivity index (χ2v) is 14.1. The van der Waals surface area contributed by atoms with E-state index in [1.54, 1.807) is 74.5 Å². The van der Waals surface area contributed by atoms with Gasteiger partial charge in [0.25, 0.3) is 0 Å². The Morgan fingerprint density at radius 3 is 2.06 bits per heavy atom. The quantitative estimate of drug-likeness (QED) is 0.0751. The van der Waals surface area contributed by atoms with Crippen LogP contribution in [0.2, 0.25) is 0 Å². The first-order chi connectivity index (χ1) is 24.7. The largest absolute Gasteiger partial charge is 2.00 e. The maximum Gasteiger partial charge on any atom is 2.00 e. The Kier molecular flexibility index (Phi) is 14.5. The standard InChI is InChI=1S/C33H45N4O9PS.Ca/c1-24(2)22-37(48(43,44)29-19-17-27(34)18-20-29)28(23-46-47(40,41)42)16-10-11-21-35-32(38)31(36-33(39)45-3)30(25-12-6-4-7-13-25)26-14-8-5-9-15-26;/h4-9,12-15,17-20,24,28,30-31H,10-11,16,21-23,34H2,1-3H3,(H,35,38)(H,36,39)(H2,40,41,42);/q;+2/p-2/t28-,31-;/m0./s1/i3D3,22D,23D;/t22?,23?,28-,31-;. The summed E-state index contributed by atoms with van der Waals surface area (Å²) in [7, 11) is -13.5. The Morgan fingerprint density at radius 2 is 1.55 bits per heavy atom. The van der Waals surface area contributed by atoms with Gasteiger partial charge < -0.3 is 40.0 Å². The number of anilines is 1. The van der Waals surface area contributed by atoms with Gasteiger partial charge in [0.2, 0.25) is 15.9 Å². The molecule has 0 spiro atoms. The monoisotopic (exact) mass is 747 g/mol. The van der Waals surface area contributed by atoms with E-state index in [0.717, 1.165) is 0 Å². The van der Waals surface area contributed by atoms with E-state index in [0.29, 0.717) is 15.4 Å². The maximum atomic E-state index is 13.9. The van der Waals surface area contributed by atoms with E-state index in [1.165, 1.54) is 24.3 Å². The number of nitrogens with one attached hydrogen (secondary N) is 2. The van der Waals surface area contributed by atoms with Crippen molar-refractivity contribution in [1.29, 1.82) is 0 Å². The van der Waals surface area contributed by atoms with Crippen LogP contribution in [0.3, 0.4) is 0 Å². The van der Waals surface area contributed by atoms with Crippen LogP contribution in [-0.2, 0) is 28.6 Å². The van der Waals surface area contributed by atoms with Gasteiger partial charge in [-0.05, 0) is 54.2 Å². The van der Waals surface area contributed by atoms with Gasteiger partial charge in [-0.3, -0.25) is 4.79 Å². The topological polar surface area (TPSA) is 203 Å². The molecular formula is C33H43CaN4O9PS.